The van der Waals surface area contributed by atoms with Crippen molar-refractivity contribution in [1.29, 1.82) is 0 Å². The van der Waals surface area contributed by atoms with Gasteiger partial charge in [-0.15, -0.1) is 6.58 Å². The lowest BCUT2D eigenvalue weighted by Gasteiger charge is -2.18. The summed E-state index contributed by atoms with van der Waals surface area (Å²) >= 11 is 0. The minimum atomic E-state index is 0.156. The van der Waals surface area contributed by atoms with Crippen molar-refractivity contribution in [3.8, 4) is 0 Å². The fraction of sp³-hybridized carbons (Fsp3) is 0.385. The number of nitrogens with zero attached hydrogens (tertiary/aromatic N) is 1. The average Bonchev–Trinajstić information content (AvgIpc) is 2.28. The van der Waals surface area contributed by atoms with Gasteiger partial charge in [-0.25, -0.2) is 0 Å². The van der Waals surface area contributed by atoms with Crippen LogP contribution in [-0.2, 0) is 0 Å². The zero-order valence-electron chi connectivity index (χ0n) is 9.61. The Hall–Kier alpha value is -1.28. The van der Waals surface area contributed by atoms with Gasteiger partial charge < -0.3 is 10.6 Å². The maximum absolute atomic E-state index is 5.95. The first-order valence-corrected chi connectivity index (χ1v) is 5.36. The smallest absolute Gasteiger partial charge is 0.0366 e. The van der Waals surface area contributed by atoms with Gasteiger partial charge in [0.05, 0.1) is 0 Å². The van der Waals surface area contributed by atoms with E-state index in [1.807, 2.05) is 6.08 Å². The molecule has 1 aromatic rings. The van der Waals surface area contributed by atoms with E-state index in [0.29, 0.717) is 0 Å². The molecule has 82 valence electrons. The molecule has 0 aliphatic heterocycles. The summed E-state index contributed by atoms with van der Waals surface area (Å²) in [6, 6.07) is 8.57. The van der Waals surface area contributed by atoms with Gasteiger partial charge in [-0.05, 0) is 24.1 Å². The van der Waals surface area contributed by atoms with Crippen LogP contribution in [0.15, 0.2) is 36.9 Å². The van der Waals surface area contributed by atoms with Crippen molar-refractivity contribution in [2.24, 2.45) is 5.73 Å². The van der Waals surface area contributed by atoms with Crippen molar-refractivity contribution >= 4 is 5.69 Å². The van der Waals surface area contributed by atoms with Crippen molar-refractivity contribution in [3.05, 3.63) is 42.5 Å². The third-order valence-corrected chi connectivity index (χ3v) is 2.60. The first-order valence-electron chi connectivity index (χ1n) is 5.36. The first kappa shape index (κ1) is 11.8. The van der Waals surface area contributed by atoms with Crippen LogP contribution < -0.4 is 10.6 Å². The van der Waals surface area contributed by atoms with Crippen LogP contribution in [0.25, 0.3) is 0 Å². The molecule has 15 heavy (non-hydrogen) atoms. The summed E-state index contributed by atoms with van der Waals surface area (Å²) in [4.78, 5) is 2.15. The Kier molecular flexibility index (Phi) is 4.37. The molecule has 0 unspecified atom stereocenters. The normalized spacial score (nSPS) is 12.2. The van der Waals surface area contributed by atoms with Crippen LogP contribution in [0.4, 0.5) is 5.69 Å². The van der Waals surface area contributed by atoms with E-state index in [-0.39, 0.29) is 6.04 Å². The van der Waals surface area contributed by atoms with Gasteiger partial charge >= 0.3 is 0 Å². The summed E-state index contributed by atoms with van der Waals surface area (Å²) in [6.45, 7) is 6.68. The second-order valence-electron chi connectivity index (χ2n) is 3.78. The molecular formula is C13H20N2. The SMILES string of the molecule is C=CCN(C)c1ccc([C@H](N)CC)cc1. The largest absolute Gasteiger partial charge is 0.371 e. The van der Waals surface area contributed by atoms with Gasteiger partial charge in [-0.3, -0.25) is 0 Å². The summed E-state index contributed by atoms with van der Waals surface area (Å²) in [5.74, 6) is 0. The number of likely N-dealkylation sites (N-methyl/N-ethyl adjacent to an activating group) is 1. The van der Waals surface area contributed by atoms with E-state index in [4.69, 9.17) is 5.73 Å². The number of benzene rings is 1. The van der Waals surface area contributed by atoms with E-state index in [1.165, 1.54) is 11.3 Å². The van der Waals surface area contributed by atoms with Gasteiger partial charge in [0, 0.05) is 25.3 Å². The summed E-state index contributed by atoms with van der Waals surface area (Å²) in [7, 11) is 2.05. The van der Waals surface area contributed by atoms with Gasteiger partial charge in [0.25, 0.3) is 0 Å². The Morgan fingerprint density at radius 3 is 2.47 bits per heavy atom. The van der Waals surface area contributed by atoms with Gasteiger partial charge in [-0.1, -0.05) is 25.1 Å². The van der Waals surface area contributed by atoms with E-state index in [1.54, 1.807) is 0 Å². The molecule has 0 spiro atoms. The molecule has 0 aromatic heterocycles. The predicted octanol–water partition coefficient (Wildman–Crippen LogP) is 2.72. The van der Waals surface area contributed by atoms with Crippen molar-refractivity contribution < 1.29 is 0 Å². The second kappa shape index (κ2) is 5.56. The van der Waals surface area contributed by atoms with Crippen molar-refractivity contribution in [2.45, 2.75) is 19.4 Å². The summed E-state index contributed by atoms with van der Waals surface area (Å²) in [5, 5.41) is 0. The second-order valence-corrected chi connectivity index (χ2v) is 3.78. The average molecular weight is 204 g/mol. The van der Waals surface area contributed by atoms with Gasteiger partial charge in [0.1, 0.15) is 0 Å². The molecule has 1 rings (SSSR count). The van der Waals surface area contributed by atoms with E-state index >= 15 is 0 Å². The molecule has 0 amide bonds. The fourth-order valence-corrected chi connectivity index (χ4v) is 1.51. The highest BCUT2D eigenvalue weighted by molar-refractivity contribution is 5.47. The molecule has 2 heteroatoms. The Bertz CT molecular complexity index is 303. The number of anilines is 1. The molecule has 0 fully saturated rings. The highest BCUT2D eigenvalue weighted by atomic mass is 15.1. The van der Waals surface area contributed by atoms with Gasteiger partial charge in [0.15, 0.2) is 0 Å². The standard InChI is InChI=1S/C13H20N2/c1-4-10-15(3)12-8-6-11(7-9-12)13(14)5-2/h4,6-9,13H,1,5,10,14H2,2-3H3/t13-/m1/s1. The third-order valence-electron chi connectivity index (χ3n) is 2.60. The summed E-state index contributed by atoms with van der Waals surface area (Å²) in [5.41, 5.74) is 8.35. The highest BCUT2D eigenvalue weighted by Crippen LogP contribution is 2.18. The Morgan fingerprint density at radius 2 is 2.00 bits per heavy atom. The molecule has 1 atom stereocenters. The molecule has 0 heterocycles. The molecule has 0 aliphatic carbocycles. The van der Waals surface area contributed by atoms with E-state index in [2.05, 4.69) is 49.7 Å². The number of hydrogen-bond acceptors (Lipinski definition) is 2. The summed E-state index contributed by atoms with van der Waals surface area (Å²) in [6.07, 6.45) is 2.87. The lowest BCUT2D eigenvalue weighted by Crippen LogP contribution is -2.16. The topological polar surface area (TPSA) is 29.3 Å². The minimum Gasteiger partial charge on any atom is -0.371 e. The maximum Gasteiger partial charge on any atom is 0.0366 e. The van der Waals surface area contributed by atoms with E-state index in [0.717, 1.165) is 13.0 Å². The zero-order chi connectivity index (χ0) is 11.3. The number of hydrogen-bond donors (Lipinski definition) is 1. The highest BCUT2D eigenvalue weighted by Gasteiger charge is 2.03. The molecule has 0 radical (unpaired) electrons. The Morgan fingerprint density at radius 1 is 1.40 bits per heavy atom. The van der Waals surface area contributed by atoms with Gasteiger partial charge in [0.2, 0.25) is 0 Å². The molecule has 0 saturated heterocycles. The van der Waals surface area contributed by atoms with Crippen molar-refractivity contribution in [1.82, 2.24) is 0 Å². The monoisotopic (exact) mass is 204 g/mol. The lowest BCUT2D eigenvalue weighted by atomic mass is 10.1. The molecular weight excluding hydrogens is 184 g/mol. The molecule has 0 bridgehead atoms. The third kappa shape index (κ3) is 3.10. The fourth-order valence-electron chi connectivity index (χ4n) is 1.51. The predicted molar refractivity (Wildman–Crippen MR) is 67.1 cm³/mol. The van der Waals surface area contributed by atoms with Crippen molar-refractivity contribution in [2.75, 3.05) is 18.5 Å². The molecule has 0 saturated carbocycles. The van der Waals surface area contributed by atoms with Crippen LogP contribution in [-0.4, -0.2) is 13.6 Å². The minimum absolute atomic E-state index is 0.156. The van der Waals surface area contributed by atoms with E-state index in [9.17, 15) is 0 Å². The summed E-state index contributed by atoms with van der Waals surface area (Å²) < 4.78 is 0. The molecule has 1 aromatic carbocycles. The number of rotatable bonds is 5. The Labute approximate surface area is 92.4 Å². The quantitative estimate of drug-likeness (QED) is 0.747. The maximum atomic E-state index is 5.95. The molecule has 2 N–H and O–H groups in total. The van der Waals surface area contributed by atoms with Crippen LogP contribution in [0.3, 0.4) is 0 Å². The van der Waals surface area contributed by atoms with Crippen LogP contribution in [0.5, 0.6) is 0 Å². The van der Waals surface area contributed by atoms with Gasteiger partial charge in [-0.2, -0.15) is 0 Å². The zero-order valence-corrected chi connectivity index (χ0v) is 9.61. The van der Waals surface area contributed by atoms with Crippen molar-refractivity contribution in [3.63, 3.8) is 0 Å². The van der Waals surface area contributed by atoms with Crippen LogP contribution in [0, 0.1) is 0 Å². The lowest BCUT2D eigenvalue weighted by molar-refractivity contribution is 0.698. The van der Waals surface area contributed by atoms with E-state index < -0.39 is 0 Å². The Balaban J connectivity index is 2.75. The molecule has 0 aliphatic rings. The van der Waals surface area contributed by atoms with Crippen LogP contribution in [0.2, 0.25) is 0 Å². The molecule has 2 nitrogen and oxygen atoms in total. The number of nitrogens with two attached hydrogens (primary N) is 1. The van der Waals surface area contributed by atoms with Crippen LogP contribution >= 0.6 is 0 Å². The first-order chi connectivity index (χ1) is 7.19. The van der Waals surface area contributed by atoms with Crippen LogP contribution in [0.1, 0.15) is 24.9 Å².